The van der Waals surface area contributed by atoms with Crippen molar-refractivity contribution in [3.05, 3.63) is 0 Å². The van der Waals surface area contributed by atoms with Gasteiger partial charge in [-0.2, -0.15) is 0 Å². The van der Waals surface area contributed by atoms with Crippen LogP contribution in [0.2, 0.25) is 0 Å². The van der Waals surface area contributed by atoms with Crippen molar-refractivity contribution >= 4 is 0 Å². The van der Waals surface area contributed by atoms with E-state index in [9.17, 15) is 46.0 Å². The van der Waals surface area contributed by atoms with Crippen LogP contribution in [0.5, 0.6) is 0 Å². The standard InChI is InChI=1S/C19H34O15/c1-5-8(22)11(25)13(27)17(30-5)34-16-15(10(24)7(4-21)32-19(16)29-2)33-18-14(28)12(26)9(23)6(3-20)31-18/h5-28H,3-4H2,1-2H3/t5?,6?,7?,8-,9+,10+,11?,12+,13+,14?,15+,16?,17+,18-,19-/m1/s1. The lowest BCUT2D eigenvalue weighted by molar-refractivity contribution is -0.388. The molecule has 15 atom stereocenters. The van der Waals surface area contributed by atoms with E-state index in [2.05, 4.69) is 0 Å². The van der Waals surface area contributed by atoms with Crippen molar-refractivity contribution in [3.8, 4) is 0 Å². The van der Waals surface area contributed by atoms with Crippen LogP contribution in [0.25, 0.3) is 0 Å². The molecule has 0 aromatic carbocycles. The molecule has 3 aliphatic rings. The maximum Gasteiger partial charge on any atom is 0.187 e. The first kappa shape index (κ1) is 28.0. The maximum atomic E-state index is 10.8. The van der Waals surface area contributed by atoms with Crippen molar-refractivity contribution in [2.75, 3.05) is 20.3 Å². The Hall–Kier alpha value is -0.600. The minimum atomic E-state index is -1.81. The highest BCUT2D eigenvalue weighted by atomic mass is 16.8. The molecule has 3 heterocycles. The largest absolute Gasteiger partial charge is 0.394 e. The molecular formula is C19H34O15. The Morgan fingerprint density at radius 3 is 1.59 bits per heavy atom. The molecule has 0 aliphatic carbocycles. The van der Waals surface area contributed by atoms with Crippen LogP contribution < -0.4 is 0 Å². The van der Waals surface area contributed by atoms with Gasteiger partial charge in [0.2, 0.25) is 0 Å². The molecule has 0 bridgehead atoms. The Labute approximate surface area is 194 Å². The molecule has 200 valence electrons. The second-order valence-electron chi connectivity index (χ2n) is 8.53. The quantitative estimate of drug-likeness (QED) is 0.157. The zero-order chi connectivity index (χ0) is 25.3. The number of aliphatic hydroxyl groups excluding tert-OH is 9. The van der Waals surface area contributed by atoms with Gasteiger partial charge in [0.25, 0.3) is 0 Å². The molecule has 3 aliphatic heterocycles. The van der Waals surface area contributed by atoms with Crippen molar-refractivity contribution in [2.45, 2.75) is 99.0 Å². The Morgan fingerprint density at radius 1 is 0.559 bits per heavy atom. The van der Waals surface area contributed by atoms with E-state index in [4.69, 9.17) is 28.4 Å². The molecule has 15 heteroatoms. The van der Waals surface area contributed by atoms with Crippen LogP contribution in [0, 0.1) is 0 Å². The van der Waals surface area contributed by atoms with Crippen LogP contribution in [0.3, 0.4) is 0 Å². The summed E-state index contributed by atoms with van der Waals surface area (Å²) in [7, 11) is 1.22. The summed E-state index contributed by atoms with van der Waals surface area (Å²) in [6.07, 6.45) is -22.6. The van der Waals surface area contributed by atoms with Gasteiger partial charge >= 0.3 is 0 Å². The average molecular weight is 502 g/mol. The van der Waals surface area contributed by atoms with Crippen LogP contribution in [0.1, 0.15) is 6.92 Å². The fourth-order valence-corrected chi connectivity index (χ4v) is 4.15. The SMILES string of the molecule is CO[C@@H]1OC(CO)[C@H](O)[C@H](O[C@H]2OC(CO)[C@H](O)[C@H](O)C2O)C1O[C@@H]1OC(C)[C@@H](O)C(O)[C@@H]1O. The van der Waals surface area contributed by atoms with E-state index in [1.807, 2.05) is 0 Å². The normalized spacial score (nSPS) is 52.5. The smallest absolute Gasteiger partial charge is 0.187 e. The number of aliphatic hydroxyl groups is 9. The van der Waals surface area contributed by atoms with E-state index in [0.717, 1.165) is 0 Å². The van der Waals surface area contributed by atoms with Gasteiger partial charge in [-0.1, -0.05) is 0 Å². The first-order chi connectivity index (χ1) is 16.0. The molecule has 0 aromatic heterocycles. The Kier molecular flexibility index (Phi) is 9.57. The van der Waals surface area contributed by atoms with Crippen LogP contribution in [-0.4, -0.2) is 158 Å². The summed E-state index contributed by atoms with van der Waals surface area (Å²) < 4.78 is 32.9. The molecule has 3 fully saturated rings. The lowest BCUT2D eigenvalue weighted by Gasteiger charge is -2.48. The van der Waals surface area contributed by atoms with Crippen molar-refractivity contribution in [1.29, 1.82) is 0 Å². The third-order valence-electron chi connectivity index (χ3n) is 6.27. The summed E-state index contributed by atoms with van der Waals surface area (Å²) in [4.78, 5) is 0. The molecule has 0 radical (unpaired) electrons. The second kappa shape index (κ2) is 11.6. The molecule has 6 unspecified atom stereocenters. The highest BCUT2D eigenvalue weighted by molar-refractivity contribution is 4.96. The summed E-state index contributed by atoms with van der Waals surface area (Å²) in [5.41, 5.74) is 0. The molecule has 3 rings (SSSR count). The van der Waals surface area contributed by atoms with Gasteiger partial charge < -0.3 is 74.4 Å². The second-order valence-corrected chi connectivity index (χ2v) is 8.53. The first-order valence-electron chi connectivity index (χ1n) is 10.8. The Balaban J connectivity index is 1.86. The van der Waals surface area contributed by atoms with E-state index in [1.54, 1.807) is 0 Å². The molecule has 3 saturated heterocycles. The minimum absolute atomic E-state index is 0.674. The summed E-state index contributed by atoms with van der Waals surface area (Å²) in [6, 6.07) is 0. The van der Waals surface area contributed by atoms with E-state index < -0.39 is 105 Å². The van der Waals surface area contributed by atoms with E-state index in [0.29, 0.717) is 0 Å². The van der Waals surface area contributed by atoms with Crippen LogP contribution in [0.15, 0.2) is 0 Å². The van der Waals surface area contributed by atoms with Crippen LogP contribution >= 0.6 is 0 Å². The van der Waals surface area contributed by atoms with Gasteiger partial charge in [0.15, 0.2) is 18.9 Å². The van der Waals surface area contributed by atoms with Gasteiger partial charge in [0.05, 0.1) is 19.3 Å². The average Bonchev–Trinajstić information content (AvgIpc) is 2.83. The summed E-state index contributed by atoms with van der Waals surface area (Å²) in [5, 5.41) is 90.4. The van der Waals surface area contributed by atoms with Gasteiger partial charge in [-0.3, -0.25) is 0 Å². The third-order valence-corrected chi connectivity index (χ3v) is 6.27. The number of ether oxygens (including phenoxy) is 6. The predicted octanol–water partition coefficient (Wildman–Crippen LogP) is -5.89. The fourth-order valence-electron chi connectivity index (χ4n) is 4.15. The Bertz CT molecular complexity index is 639. The summed E-state index contributed by atoms with van der Waals surface area (Å²) >= 11 is 0. The van der Waals surface area contributed by atoms with Gasteiger partial charge in [0.1, 0.15) is 67.1 Å². The number of methoxy groups -OCH3 is 1. The lowest BCUT2D eigenvalue weighted by Crippen LogP contribution is -2.66. The zero-order valence-electron chi connectivity index (χ0n) is 18.5. The van der Waals surface area contributed by atoms with Crippen molar-refractivity contribution < 1.29 is 74.4 Å². The molecule has 9 N–H and O–H groups in total. The molecule has 0 amide bonds. The van der Waals surface area contributed by atoms with Gasteiger partial charge in [0, 0.05) is 7.11 Å². The topological polar surface area (TPSA) is 237 Å². The highest BCUT2D eigenvalue weighted by Crippen LogP contribution is 2.33. The molecule has 0 saturated carbocycles. The van der Waals surface area contributed by atoms with Crippen LogP contribution in [0.4, 0.5) is 0 Å². The van der Waals surface area contributed by atoms with Crippen molar-refractivity contribution in [3.63, 3.8) is 0 Å². The van der Waals surface area contributed by atoms with E-state index in [-0.39, 0.29) is 0 Å². The van der Waals surface area contributed by atoms with Gasteiger partial charge in [-0.15, -0.1) is 0 Å². The Morgan fingerprint density at radius 2 is 1.03 bits per heavy atom. The molecule has 15 nitrogen and oxygen atoms in total. The van der Waals surface area contributed by atoms with E-state index >= 15 is 0 Å². The summed E-state index contributed by atoms with van der Waals surface area (Å²) in [5.74, 6) is 0. The molecular weight excluding hydrogens is 468 g/mol. The van der Waals surface area contributed by atoms with Crippen molar-refractivity contribution in [1.82, 2.24) is 0 Å². The van der Waals surface area contributed by atoms with Crippen molar-refractivity contribution in [2.24, 2.45) is 0 Å². The van der Waals surface area contributed by atoms with E-state index in [1.165, 1.54) is 14.0 Å². The third kappa shape index (κ3) is 5.39. The fraction of sp³-hybridized carbons (Fsp3) is 1.00. The summed E-state index contributed by atoms with van der Waals surface area (Å²) in [6.45, 7) is 0.0356. The first-order valence-corrected chi connectivity index (χ1v) is 10.8. The highest BCUT2D eigenvalue weighted by Gasteiger charge is 2.54. The van der Waals surface area contributed by atoms with Crippen LogP contribution in [-0.2, 0) is 28.4 Å². The molecule has 0 aromatic rings. The molecule has 34 heavy (non-hydrogen) atoms. The predicted molar refractivity (Wildman–Crippen MR) is 105 cm³/mol. The lowest BCUT2D eigenvalue weighted by atomic mass is 9.96. The van der Waals surface area contributed by atoms with Gasteiger partial charge in [-0.05, 0) is 6.92 Å². The number of hydrogen-bond donors (Lipinski definition) is 9. The number of hydrogen-bond acceptors (Lipinski definition) is 15. The number of rotatable bonds is 7. The minimum Gasteiger partial charge on any atom is -0.394 e. The molecule has 0 spiro atoms. The zero-order valence-corrected chi connectivity index (χ0v) is 18.5. The maximum absolute atomic E-state index is 10.8. The monoisotopic (exact) mass is 502 g/mol. The van der Waals surface area contributed by atoms with Gasteiger partial charge in [-0.25, -0.2) is 0 Å².